The quantitative estimate of drug-likeness (QED) is 0.800. The standard InChI is InChI=1S/C20H15N3O/c24-20-19(17-3-1-2-4-18(17)23-20)22-16-7-5-14(6-8-16)13-15-9-11-21-12-10-15/h1-12H,13H2,(H,22,23,24). The van der Waals surface area contributed by atoms with Gasteiger partial charge >= 0.3 is 0 Å². The highest BCUT2D eigenvalue weighted by Crippen LogP contribution is 2.25. The van der Waals surface area contributed by atoms with Crippen LogP contribution in [0.15, 0.2) is 78.0 Å². The minimum atomic E-state index is -0.155. The Morgan fingerprint density at radius 1 is 0.875 bits per heavy atom. The molecule has 0 bridgehead atoms. The monoisotopic (exact) mass is 313 g/mol. The molecule has 1 aliphatic heterocycles. The van der Waals surface area contributed by atoms with Crippen LogP contribution in [0.1, 0.15) is 16.7 Å². The zero-order valence-electron chi connectivity index (χ0n) is 12.9. The summed E-state index contributed by atoms with van der Waals surface area (Å²) in [5.41, 5.74) is 5.32. The van der Waals surface area contributed by atoms with E-state index in [1.165, 1.54) is 11.1 Å². The van der Waals surface area contributed by atoms with Crippen molar-refractivity contribution < 1.29 is 4.79 Å². The van der Waals surface area contributed by atoms with Gasteiger partial charge in [-0.15, -0.1) is 0 Å². The minimum Gasteiger partial charge on any atom is -0.320 e. The first-order chi connectivity index (χ1) is 11.8. The average Bonchev–Trinajstić information content (AvgIpc) is 2.93. The molecule has 1 aromatic heterocycles. The number of nitrogens with zero attached hydrogens (tertiary/aromatic N) is 2. The summed E-state index contributed by atoms with van der Waals surface area (Å²) in [5, 5.41) is 2.84. The SMILES string of the molecule is O=C1Nc2ccccc2C1=Nc1ccc(Cc2ccncc2)cc1. The number of nitrogens with one attached hydrogen (secondary N) is 1. The minimum absolute atomic E-state index is 0.155. The molecule has 4 heteroatoms. The van der Waals surface area contributed by atoms with Gasteiger partial charge in [-0.1, -0.05) is 30.3 Å². The molecule has 0 fully saturated rings. The van der Waals surface area contributed by atoms with Gasteiger partial charge in [-0.05, 0) is 47.9 Å². The predicted octanol–water partition coefficient (Wildman–Crippen LogP) is 3.75. The molecule has 116 valence electrons. The summed E-state index contributed by atoms with van der Waals surface area (Å²) in [4.78, 5) is 20.6. The van der Waals surface area contributed by atoms with Gasteiger partial charge in [0.15, 0.2) is 0 Å². The van der Waals surface area contributed by atoms with E-state index in [1.54, 1.807) is 12.4 Å². The Morgan fingerprint density at radius 3 is 2.38 bits per heavy atom. The first-order valence-electron chi connectivity index (χ1n) is 7.77. The highest BCUT2D eigenvalue weighted by atomic mass is 16.2. The van der Waals surface area contributed by atoms with Crippen LogP contribution in [0.25, 0.3) is 0 Å². The topological polar surface area (TPSA) is 54.4 Å². The number of anilines is 1. The van der Waals surface area contributed by atoms with E-state index >= 15 is 0 Å². The van der Waals surface area contributed by atoms with Crippen LogP contribution in [-0.4, -0.2) is 16.6 Å². The van der Waals surface area contributed by atoms with Crippen LogP contribution in [0.2, 0.25) is 0 Å². The Morgan fingerprint density at radius 2 is 1.58 bits per heavy atom. The van der Waals surface area contributed by atoms with Gasteiger partial charge in [0.25, 0.3) is 5.91 Å². The summed E-state index contributed by atoms with van der Waals surface area (Å²) in [6.45, 7) is 0. The van der Waals surface area contributed by atoms with Crippen molar-refractivity contribution in [2.24, 2.45) is 4.99 Å². The third-order valence-corrected chi connectivity index (χ3v) is 3.98. The lowest BCUT2D eigenvalue weighted by molar-refractivity contribution is -0.110. The van der Waals surface area contributed by atoms with Crippen molar-refractivity contribution >= 4 is 23.0 Å². The first-order valence-corrected chi connectivity index (χ1v) is 7.77. The molecule has 0 radical (unpaired) electrons. The third kappa shape index (κ3) is 2.82. The lowest BCUT2D eigenvalue weighted by atomic mass is 10.1. The fourth-order valence-corrected chi connectivity index (χ4v) is 2.77. The number of carbonyl (C=O) groups is 1. The van der Waals surface area contributed by atoms with Crippen molar-refractivity contribution in [1.29, 1.82) is 0 Å². The van der Waals surface area contributed by atoms with E-state index in [0.717, 1.165) is 23.4 Å². The van der Waals surface area contributed by atoms with Gasteiger partial charge in [0.2, 0.25) is 0 Å². The van der Waals surface area contributed by atoms with Crippen molar-refractivity contribution in [3.8, 4) is 0 Å². The molecule has 2 heterocycles. The Bertz CT molecular complexity index is 915. The van der Waals surface area contributed by atoms with Crippen LogP contribution in [-0.2, 0) is 11.2 Å². The Hall–Kier alpha value is -3.27. The van der Waals surface area contributed by atoms with Gasteiger partial charge in [-0.3, -0.25) is 9.78 Å². The highest BCUT2D eigenvalue weighted by molar-refractivity contribution is 6.54. The normalized spacial score (nSPS) is 14.5. The summed E-state index contributed by atoms with van der Waals surface area (Å²) in [6, 6.07) is 19.6. The van der Waals surface area contributed by atoms with Crippen molar-refractivity contribution in [3.63, 3.8) is 0 Å². The maximum absolute atomic E-state index is 12.1. The van der Waals surface area contributed by atoms with Gasteiger partial charge in [0, 0.05) is 18.0 Å². The number of hydrogen-bond donors (Lipinski definition) is 1. The molecule has 1 N–H and O–H groups in total. The third-order valence-electron chi connectivity index (χ3n) is 3.98. The smallest absolute Gasteiger partial charge is 0.275 e. The van der Waals surface area contributed by atoms with Gasteiger partial charge < -0.3 is 5.32 Å². The molecule has 0 aliphatic carbocycles. The zero-order valence-corrected chi connectivity index (χ0v) is 12.9. The number of amides is 1. The van der Waals surface area contributed by atoms with Crippen molar-refractivity contribution in [3.05, 3.63) is 89.7 Å². The number of aromatic nitrogens is 1. The Kier molecular flexibility index (Phi) is 3.63. The maximum atomic E-state index is 12.1. The molecule has 1 aliphatic rings. The molecular formula is C20H15N3O. The number of hydrogen-bond acceptors (Lipinski definition) is 3. The second kappa shape index (κ2) is 6.08. The fourth-order valence-electron chi connectivity index (χ4n) is 2.77. The van der Waals surface area contributed by atoms with Crippen LogP contribution >= 0.6 is 0 Å². The molecule has 4 nitrogen and oxygen atoms in total. The molecule has 2 aromatic carbocycles. The average molecular weight is 313 g/mol. The van der Waals surface area contributed by atoms with E-state index in [1.807, 2.05) is 60.7 Å². The first kappa shape index (κ1) is 14.3. The largest absolute Gasteiger partial charge is 0.320 e. The lowest BCUT2D eigenvalue weighted by Crippen LogP contribution is -2.13. The van der Waals surface area contributed by atoms with Crippen molar-refractivity contribution in [1.82, 2.24) is 4.98 Å². The van der Waals surface area contributed by atoms with Crippen LogP contribution in [0.5, 0.6) is 0 Å². The van der Waals surface area contributed by atoms with E-state index in [9.17, 15) is 4.79 Å². The molecule has 4 rings (SSSR count). The van der Waals surface area contributed by atoms with Gasteiger partial charge in [-0.25, -0.2) is 4.99 Å². The number of rotatable bonds is 3. The second-order valence-corrected chi connectivity index (χ2v) is 5.66. The molecule has 3 aromatic rings. The molecule has 0 unspecified atom stereocenters. The van der Waals surface area contributed by atoms with Crippen LogP contribution in [0.3, 0.4) is 0 Å². The summed E-state index contributed by atoms with van der Waals surface area (Å²) in [7, 11) is 0. The second-order valence-electron chi connectivity index (χ2n) is 5.66. The number of para-hydroxylation sites is 1. The summed E-state index contributed by atoms with van der Waals surface area (Å²) in [6.07, 6.45) is 4.44. The number of benzene rings is 2. The molecule has 0 saturated heterocycles. The lowest BCUT2D eigenvalue weighted by Gasteiger charge is -2.03. The van der Waals surface area contributed by atoms with Gasteiger partial charge in [0.05, 0.1) is 11.4 Å². The number of pyridine rings is 1. The summed E-state index contributed by atoms with van der Waals surface area (Å²) < 4.78 is 0. The number of carbonyl (C=O) groups excluding carboxylic acids is 1. The Labute approximate surface area is 139 Å². The Balaban J connectivity index is 1.59. The molecule has 1 amide bonds. The highest BCUT2D eigenvalue weighted by Gasteiger charge is 2.25. The van der Waals surface area contributed by atoms with Crippen molar-refractivity contribution in [2.45, 2.75) is 6.42 Å². The van der Waals surface area contributed by atoms with E-state index in [4.69, 9.17) is 0 Å². The van der Waals surface area contributed by atoms with Gasteiger partial charge in [-0.2, -0.15) is 0 Å². The summed E-state index contributed by atoms with van der Waals surface area (Å²) in [5.74, 6) is -0.155. The predicted molar refractivity (Wildman–Crippen MR) is 94.8 cm³/mol. The van der Waals surface area contributed by atoms with E-state index in [0.29, 0.717) is 5.71 Å². The molecular weight excluding hydrogens is 298 g/mol. The number of fused-ring (bicyclic) bond motifs is 1. The molecule has 0 atom stereocenters. The van der Waals surface area contributed by atoms with E-state index in [2.05, 4.69) is 15.3 Å². The van der Waals surface area contributed by atoms with E-state index in [-0.39, 0.29) is 5.91 Å². The van der Waals surface area contributed by atoms with Crippen LogP contribution in [0.4, 0.5) is 11.4 Å². The fraction of sp³-hybridized carbons (Fsp3) is 0.0500. The zero-order chi connectivity index (χ0) is 16.4. The molecule has 0 spiro atoms. The van der Waals surface area contributed by atoms with Crippen LogP contribution in [0, 0.1) is 0 Å². The molecule has 24 heavy (non-hydrogen) atoms. The van der Waals surface area contributed by atoms with E-state index < -0.39 is 0 Å². The van der Waals surface area contributed by atoms with Gasteiger partial charge in [0.1, 0.15) is 5.71 Å². The molecule has 0 saturated carbocycles. The number of aliphatic imine (C=N–C) groups is 1. The maximum Gasteiger partial charge on any atom is 0.275 e. The van der Waals surface area contributed by atoms with Crippen LogP contribution < -0.4 is 5.32 Å². The van der Waals surface area contributed by atoms with Crippen molar-refractivity contribution in [2.75, 3.05) is 5.32 Å². The summed E-state index contributed by atoms with van der Waals surface area (Å²) >= 11 is 0.